The van der Waals surface area contributed by atoms with Gasteiger partial charge in [0.15, 0.2) is 0 Å². The highest BCUT2D eigenvalue weighted by atomic mass is 31.2. The van der Waals surface area contributed by atoms with Crippen LogP contribution in [-0.2, 0) is 23.1 Å². The highest BCUT2D eigenvalue weighted by molar-refractivity contribution is 7.53. The maximum atomic E-state index is 12.8. The molecule has 0 unspecified atom stereocenters. The fourth-order valence-corrected chi connectivity index (χ4v) is 3.97. The molecule has 6 heteroatoms. The van der Waals surface area contributed by atoms with Gasteiger partial charge in [-0.3, -0.25) is 9.36 Å². The summed E-state index contributed by atoms with van der Waals surface area (Å²) in [6.07, 6.45) is 9.61. The van der Waals surface area contributed by atoms with Crippen molar-refractivity contribution in [3.8, 4) is 0 Å². The van der Waals surface area contributed by atoms with Gasteiger partial charge >= 0.3 is 13.6 Å². The van der Waals surface area contributed by atoms with Crippen molar-refractivity contribution in [3.63, 3.8) is 0 Å². The molecule has 0 fully saturated rings. The van der Waals surface area contributed by atoms with E-state index in [2.05, 4.69) is 13.8 Å². The van der Waals surface area contributed by atoms with Crippen LogP contribution >= 0.6 is 7.60 Å². The van der Waals surface area contributed by atoms with E-state index in [1.54, 1.807) is 6.92 Å². The van der Waals surface area contributed by atoms with Gasteiger partial charge in [-0.05, 0) is 26.2 Å². The van der Waals surface area contributed by atoms with E-state index in [-0.39, 0.29) is 18.6 Å². The van der Waals surface area contributed by atoms with Gasteiger partial charge in [0.25, 0.3) is 0 Å². The molecular weight excluding hydrogens is 327 g/mol. The van der Waals surface area contributed by atoms with Gasteiger partial charge in [-0.2, -0.15) is 0 Å². The monoisotopic (exact) mass is 364 g/mol. The normalized spacial score (nSPS) is 11.6. The minimum atomic E-state index is -3.10. The van der Waals surface area contributed by atoms with Gasteiger partial charge < -0.3 is 13.8 Å². The van der Waals surface area contributed by atoms with E-state index in [9.17, 15) is 9.36 Å². The maximum absolute atomic E-state index is 12.8. The molecule has 0 aliphatic heterocycles. The molecule has 0 bridgehead atoms. The number of ether oxygens (including phenoxy) is 1. The summed E-state index contributed by atoms with van der Waals surface area (Å²) in [4.78, 5) is 11.4. The fraction of sp³-hybridized carbons (Fsp3) is 0.944. The second kappa shape index (κ2) is 16.1. The zero-order valence-corrected chi connectivity index (χ0v) is 16.8. The van der Waals surface area contributed by atoms with Crippen LogP contribution in [0.15, 0.2) is 0 Å². The molecule has 0 aromatic rings. The average Bonchev–Trinajstić information content (AvgIpc) is 2.55. The van der Waals surface area contributed by atoms with Gasteiger partial charge in [-0.15, -0.1) is 0 Å². The molecule has 144 valence electrons. The number of carbonyl (C=O) groups excluding carboxylic acids is 1. The number of hydrogen-bond acceptors (Lipinski definition) is 5. The summed E-state index contributed by atoms with van der Waals surface area (Å²) in [5, 5.41) is 0. The van der Waals surface area contributed by atoms with Gasteiger partial charge in [0.05, 0.1) is 26.0 Å². The first kappa shape index (κ1) is 23.6. The van der Waals surface area contributed by atoms with Crippen LogP contribution < -0.4 is 0 Å². The zero-order valence-electron chi connectivity index (χ0n) is 15.9. The van der Waals surface area contributed by atoms with Crippen LogP contribution in [0, 0.1) is 0 Å². The van der Waals surface area contributed by atoms with Gasteiger partial charge in [0, 0.05) is 6.42 Å². The Bertz CT molecular complexity index is 328. The highest BCUT2D eigenvalue weighted by Gasteiger charge is 2.24. The van der Waals surface area contributed by atoms with Crippen LogP contribution in [0.2, 0.25) is 0 Å². The van der Waals surface area contributed by atoms with E-state index in [0.29, 0.717) is 26.2 Å². The summed E-state index contributed by atoms with van der Waals surface area (Å²) in [5.41, 5.74) is 0. The lowest BCUT2D eigenvalue weighted by molar-refractivity contribution is -0.143. The van der Waals surface area contributed by atoms with Crippen molar-refractivity contribution in [3.05, 3.63) is 0 Å². The molecule has 0 amide bonds. The van der Waals surface area contributed by atoms with Crippen LogP contribution in [0.3, 0.4) is 0 Å². The molecule has 0 saturated carbocycles. The van der Waals surface area contributed by atoms with Gasteiger partial charge in [-0.25, -0.2) is 0 Å². The Hall–Kier alpha value is -0.380. The molecule has 0 atom stereocenters. The highest BCUT2D eigenvalue weighted by Crippen LogP contribution is 2.49. The van der Waals surface area contributed by atoms with Crippen molar-refractivity contribution in [1.82, 2.24) is 0 Å². The maximum Gasteiger partial charge on any atom is 0.330 e. The molecule has 24 heavy (non-hydrogen) atoms. The lowest BCUT2D eigenvalue weighted by atomic mass is 10.2. The Labute approximate surface area is 148 Å². The molecule has 0 aliphatic rings. The predicted molar refractivity (Wildman–Crippen MR) is 98.5 cm³/mol. The van der Waals surface area contributed by atoms with Crippen LogP contribution in [0.25, 0.3) is 0 Å². The molecule has 0 aromatic carbocycles. The molecule has 0 saturated heterocycles. The second-order valence-electron chi connectivity index (χ2n) is 6.03. The van der Waals surface area contributed by atoms with Crippen molar-refractivity contribution in [1.29, 1.82) is 0 Å². The third-order valence-corrected chi connectivity index (χ3v) is 5.71. The largest absolute Gasteiger partial charge is 0.466 e. The topological polar surface area (TPSA) is 61.8 Å². The predicted octanol–water partition coefficient (Wildman–Crippen LogP) is 5.72. The minimum absolute atomic E-state index is 0.255. The molecular formula is C18H37O5P. The SMILES string of the molecule is CCCCCCOP(=O)(CCCC(=O)OCC)OCCCCCC. The molecule has 0 rings (SSSR count). The van der Waals surface area contributed by atoms with Crippen LogP contribution in [-0.4, -0.2) is 32.0 Å². The van der Waals surface area contributed by atoms with Gasteiger partial charge in [-0.1, -0.05) is 52.4 Å². The molecule has 0 aliphatic carbocycles. The van der Waals surface area contributed by atoms with Crippen molar-refractivity contribution in [2.24, 2.45) is 0 Å². The summed E-state index contributed by atoms with van der Waals surface area (Å²) in [5.74, 6) is -0.255. The summed E-state index contributed by atoms with van der Waals surface area (Å²) >= 11 is 0. The average molecular weight is 364 g/mol. The zero-order chi connectivity index (χ0) is 18.1. The van der Waals surface area contributed by atoms with E-state index in [4.69, 9.17) is 13.8 Å². The number of unbranched alkanes of at least 4 members (excludes halogenated alkanes) is 6. The van der Waals surface area contributed by atoms with Crippen molar-refractivity contribution < 1.29 is 23.1 Å². The van der Waals surface area contributed by atoms with E-state index in [1.165, 1.54) is 0 Å². The van der Waals surface area contributed by atoms with Gasteiger partial charge in [0.2, 0.25) is 0 Å². The summed E-state index contributed by atoms with van der Waals surface area (Å²) in [7, 11) is -3.10. The quantitative estimate of drug-likeness (QED) is 0.188. The Morgan fingerprint density at radius 3 is 1.79 bits per heavy atom. The third kappa shape index (κ3) is 14.0. The standard InChI is InChI=1S/C18H37O5P/c1-4-7-9-11-15-22-24(20,23-16-12-10-8-5-2)17-13-14-18(19)21-6-3/h4-17H2,1-3H3. The number of carbonyl (C=O) groups is 1. The molecule has 0 heterocycles. The van der Waals surface area contributed by atoms with Crippen molar-refractivity contribution >= 4 is 13.6 Å². The Balaban J connectivity index is 4.19. The Morgan fingerprint density at radius 2 is 1.33 bits per heavy atom. The van der Waals surface area contributed by atoms with Crippen molar-refractivity contribution in [2.75, 3.05) is 26.0 Å². The number of esters is 1. The lowest BCUT2D eigenvalue weighted by Gasteiger charge is -2.18. The lowest BCUT2D eigenvalue weighted by Crippen LogP contribution is -2.07. The fourth-order valence-electron chi connectivity index (χ4n) is 2.28. The second-order valence-corrected chi connectivity index (χ2v) is 8.22. The molecule has 0 aromatic heterocycles. The van der Waals surface area contributed by atoms with Gasteiger partial charge in [0.1, 0.15) is 0 Å². The van der Waals surface area contributed by atoms with E-state index in [0.717, 1.165) is 51.4 Å². The summed E-state index contributed by atoms with van der Waals surface area (Å²) in [6, 6.07) is 0. The molecule has 0 radical (unpaired) electrons. The molecule has 5 nitrogen and oxygen atoms in total. The summed E-state index contributed by atoms with van der Waals surface area (Å²) in [6.45, 7) is 7.39. The first-order valence-corrected chi connectivity index (χ1v) is 11.3. The third-order valence-electron chi connectivity index (χ3n) is 3.69. The van der Waals surface area contributed by atoms with Crippen LogP contribution in [0.1, 0.15) is 85.0 Å². The smallest absolute Gasteiger partial charge is 0.330 e. The Kier molecular flexibility index (Phi) is 15.9. The number of hydrogen-bond donors (Lipinski definition) is 0. The molecule has 0 N–H and O–H groups in total. The minimum Gasteiger partial charge on any atom is -0.466 e. The molecule has 0 spiro atoms. The first-order valence-electron chi connectivity index (χ1n) is 9.61. The Morgan fingerprint density at radius 1 is 0.792 bits per heavy atom. The van der Waals surface area contributed by atoms with Crippen molar-refractivity contribution in [2.45, 2.75) is 85.0 Å². The van der Waals surface area contributed by atoms with Crippen LogP contribution in [0.5, 0.6) is 0 Å². The first-order chi connectivity index (χ1) is 11.6. The summed E-state index contributed by atoms with van der Waals surface area (Å²) < 4.78 is 28.9. The van der Waals surface area contributed by atoms with E-state index < -0.39 is 7.60 Å². The van der Waals surface area contributed by atoms with Crippen LogP contribution in [0.4, 0.5) is 0 Å². The number of rotatable bonds is 17. The van der Waals surface area contributed by atoms with E-state index >= 15 is 0 Å². The van der Waals surface area contributed by atoms with E-state index in [1.807, 2.05) is 0 Å².